The van der Waals surface area contributed by atoms with Crippen molar-refractivity contribution in [2.24, 2.45) is 17.6 Å². The molecule has 5 atom stereocenters. The Morgan fingerprint density at radius 1 is 1.21 bits per heavy atom. The second-order valence-corrected chi connectivity index (χ2v) is 11.2. The summed E-state index contributed by atoms with van der Waals surface area (Å²) < 4.78 is 28.8. The van der Waals surface area contributed by atoms with Crippen LogP contribution in [-0.2, 0) is 25.6 Å². The second kappa shape index (κ2) is 12.0. The highest BCUT2D eigenvalue weighted by atomic mass is 35.5. The third-order valence-electron chi connectivity index (χ3n) is 8.52. The number of nitrogens with one attached hydrogen (secondary N) is 1. The maximum absolute atomic E-state index is 15.4. The van der Waals surface area contributed by atoms with E-state index in [0.29, 0.717) is 6.54 Å². The third-order valence-corrected chi connectivity index (χ3v) is 8.52. The smallest absolute Gasteiger partial charge is 0.255 e. The van der Waals surface area contributed by atoms with Crippen molar-refractivity contribution in [2.75, 3.05) is 39.0 Å². The Hall–Kier alpha value is -3.30. The number of anilines is 1. The van der Waals surface area contributed by atoms with Gasteiger partial charge in [0.25, 0.3) is 5.91 Å². The van der Waals surface area contributed by atoms with Crippen LogP contribution in [0.5, 0.6) is 5.75 Å². The van der Waals surface area contributed by atoms with Gasteiger partial charge in [-0.15, -0.1) is 24.8 Å². The lowest BCUT2D eigenvalue weighted by Crippen LogP contribution is -2.65. The monoisotopic (exact) mass is 648 g/mol. The van der Waals surface area contributed by atoms with E-state index < -0.39 is 98.5 Å². The topological polar surface area (TPSA) is 194 Å². The summed E-state index contributed by atoms with van der Waals surface area (Å²) >= 11 is 0. The summed E-state index contributed by atoms with van der Waals surface area (Å²) in [6.45, 7) is 0.176. The number of likely N-dealkylation sites (N-methyl/N-ethyl adjacent to an activating group) is 1. The molecule has 0 aromatic heterocycles. The number of Topliss-reactive ketones (excluding diaryl/α,β-unsaturated/α-hetero) is 2. The number of aliphatic hydroxyl groups is 3. The van der Waals surface area contributed by atoms with E-state index in [1.807, 2.05) is 0 Å². The number of phenols is 1. The first-order valence-electron chi connectivity index (χ1n) is 13.0. The van der Waals surface area contributed by atoms with E-state index in [1.165, 1.54) is 19.0 Å². The molecule has 0 unspecified atom stereocenters. The molecule has 1 saturated carbocycles. The summed E-state index contributed by atoms with van der Waals surface area (Å²) in [5.41, 5.74) is 0.0428. The van der Waals surface area contributed by atoms with Crippen LogP contribution in [0.25, 0.3) is 5.76 Å². The molecule has 1 aromatic rings. The summed E-state index contributed by atoms with van der Waals surface area (Å²) in [5, 5.41) is 47.0. The molecule has 0 spiro atoms. The summed E-state index contributed by atoms with van der Waals surface area (Å²) in [6.07, 6.45) is -1.21. The SMILES string of the molecule is CN(C)[C@@H]1C(=O)C(C(N)=O)=C(O)[C@@]2(O)C(=O)C3=C(O)c4c(O)c(NC(=O)CN5CC[C@H](F)C5)cc(F)c4C[C@H]3C[C@@H]12.Cl.Cl. The number of carbonyl (C=O) groups is 4. The van der Waals surface area contributed by atoms with Crippen molar-refractivity contribution >= 4 is 59.6 Å². The molecular weight excluding hydrogens is 617 g/mol. The minimum Gasteiger partial charge on any atom is -0.508 e. The number of alkyl halides is 1. The van der Waals surface area contributed by atoms with Gasteiger partial charge in [-0.1, -0.05) is 0 Å². The minimum absolute atomic E-state index is 0. The lowest BCUT2D eigenvalue weighted by molar-refractivity contribution is -0.153. The lowest BCUT2D eigenvalue weighted by Gasteiger charge is -2.50. The van der Waals surface area contributed by atoms with Crippen molar-refractivity contribution < 1.29 is 48.4 Å². The zero-order chi connectivity index (χ0) is 30.1. The van der Waals surface area contributed by atoms with E-state index >= 15 is 4.39 Å². The number of nitrogens with two attached hydrogens (primary N) is 1. The van der Waals surface area contributed by atoms with Crippen LogP contribution in [0, 0.1) is 17.7 Å². The molecule has 1 heterocycles. The molecule has 0 bridgehead atoms. The Labute approximate surface area is 257 Å². The van der Waals surface area contributed by atoms with Crippen molar-refractivity contribution in [1.82, 2.24) is 9.80 Å². The Morgan fingerprint density at radius 2 is 1.86 bits per heavy atom. The van der Waals surface area contributed by atoms with E-state index in [9.17, 15) is 44.0 Å². The van der Waals surface area contributed by atoms with Crippen LogP contribution in [0.3, 0.4) is 0 Å². The largest absolute Gasteiger partial charge is 0.508 e. The van der Waals surface area contributed by atoms with Gasteiger partial charge in [0.1, 0.15) is 29.1 Å². The van der Waals surface area contributed by atoms with Gasteiger partial charge >= 0.3 is 0 Å². The molecule has 236 valence electrons. The molecular formula is C27H32Cl2F2N4O8. The molecule has 2 fully saturated rings. The first-order chi connectivity index (χ1) is 19.2. The van der Waals surface area contributed by atoms with Crippen molar-refractivity contribution in [2.45, 2.75) is 37.1 Å². The highest BCUT2D eigenvalue weighted by molar-refractivity contribution is 6.24. The van der Waals surface area contributed by atoms with E-state index in [1.54, 1.807) is 4.90 Å². The van der Waals surface area contributed by atoms with Crippen LogP contribution < -0.4 is 11.1 Å². The Balaban J connectivity index is 0.00000253. The lowest BCUT2D eigenvalue weighted by atomic mass is 9.57. The van der Waals surface area contributed by atoms with E-state index in [2.05, 4.69) is 5.32 Å². The van der Waals surface area contributed by atoms with E-state index in [-0.39, 0.29) is 62.7 Å². The number of rotatable bonds is 5. The second-order valence-electron chi connectivity index (χ2n) is 11.2. The zero-order valence-electron chi connectivity index (χ0n) is 23.1. The number of aliphatic hydroxyl groups excluding tert-OH is 2. The van der Waals surface area contributed by atoms with Crippen LogP contribution in [-0.4, -0.2) is 105 Å². The first-order valence-corrected chi connectivity index (χ1v) is 13.0. The molecule has 0 radical (unpaired) electrons. The standard InChI is InChI=1S/C27H30F2N4O8.2ClH/c1-32(2)20-13-6-10-5-12-14(29)7-15(31-16(34)9-33-4-3-11(28)8-33)21(35)18(12)22(36)17(10)24(38)27(13,41)25(39)19(23(20)37)26(30)40;;/h7,10-11,13,20,35-36,39,41H,3-6,8-9H2,1-2H3,(H2,30,40)(H,31,34);2*1H/t10-,11-,13-,20-,27-;;/m0../s1. The maximum Gasteiger partial charge on any atom is 0.255 e. The number of halogens is 4. The molecule has 1 saturated heterocycles. The van der Waals surface area contributed by atoms with Crippen molar-refractivity contribution in [3.8, 4) is 5.75 Å². The number of carbonyl (C=O) groups excluding carboxylic acids is 4. The number of aromatic hydroxyl groups is 1. The van der Waals surface area contributed by atoms with E-state index in [0.717, 1.165) is 6.07 Å². The van der Waals surface area contributed by atoms with E-state index in [4.69, 9.17) is 5.73 Å². The number of amides is 2. The van der Waals surface area contributed by atoms with Gasteiger partial charge in [-0.25, -0.2) is 8.78 Å². The van der Waals surface area contributed by atoms with Gasteiger partial charge in [-0.05, 0) is 39.3 Å². The number of hydrogen-bond acceptors (Lipinski definition) is 10. The Bertz CT molecular complexity index is 1470. The number of likely N-dealkylation sites (tertiary alicyclic amines) is 1. The number of benzene rings is 1. The average Bonchev–Trinajstić information content (AvgIpc) is 3.28. The molecule has 3 aliphatic carbocycles. The fourth-order valence-corrected chi connectivity index (χ4v) is 6.68. The summed E-state index contributed by atoms with van der Waals surface area (Å²) in [7, 11) is 2.95. The molecule has 1 aliphatic heterocycles. The van der Waals surface area contributed by atoms with Gasteiger partial charge in [0.05, 0.1) is 23.8 Å². The van der Waals surface area contributed by atoms with Crippen LogP contribution in [0.1, 0.15) is 24.0 Å². The maximum atomic E-state index is 15.4. The molecule has 7 N–H and O–H groups in total. The van der Waals surface area contributed by atoms with Crippen molar-refractivity contribution in [1.29, 1.82) is 0 Å². The molecule has 12 nitrogen and oxygen atoms in total. The number of phenolic OH excluding ortho intramolecular Hbond substituents is 1. The van der Waals surface area contributed by atoms with Gasteiger partial charge in [0.2, 0.25) is 11.7 Å². The zero-order valence-corrected chi connectivity index (χ0v) is 24.7. The predicted octanol–water partition coefficient (Wildman–Crippen LogP) is 0.929. The van der Waals surface area contributed by atoms with Crippen LogP contribution in [0.15, 0.2) is 23.0 Å². The average molecular weight is 649 g/mol. The quantitative estimate of drug-likeness (QED) is 0.197. The summed E-state index contributed by atoms with van der Waals surface area (Å²) in [6, 6.07) is -0.389. The van der Waals surface area contributed by atoms with Crippen molar-refractivity contribution in [3.05, 3.63) is 39.9 Å². The molecule has 16 heteroatoms. The minimum atomic E-state index is -2.82. The first kappa shape index (κ1) is 34.2. The fourth-order valence-electron chi connectivity index (χ4n) is 6.68. The Kier molecular flexibility index (Phi) is 9.54. The summed E-state index contributed by atoms with van der Waals surface area (Å²) in [4.78, 5) is 54.4. The normalized spacial score (nSPS) is 28.5. The molecule has 2 amide bonds. The predicted molar refractivity (Wildman–Crippen MR) is 153 cm³/mol. The third kappa shape index (κ3) is 5.24. The number of ketones is 2. The van der Waals surface area contributed by atoms with Gasteiger partial charge in [-0.2, -0.15) is 0 Å². The number of nitrogens with zero attached hydrogens (tertiary/aromatic N) is 2. The van der Waals surface area contributed by atoms with Gasteiger partial charge in [-0.3, -0.25) is 29.0 Å². The van der Waals surface area contributed by atoms with Crippen molar-refractivity contribution in [3.63, 3.8) is 0 Å². The molecule has 5 rings (SSSR count). The fraction of sp³-hybridized carbons (Fsp3) is 0.481. The molecule has 1 aromatic carbocycles. The van der Waals surface area contributed by atoms with Crippen LogP contribution in [0.4, 0.5) is 14.5 Å². The molecule has 43 heavy (non-hydrogen) atoms. The molecule has 4 aliphatic rings. The highest BCUT2D eigenvalue weighted by Crippen LogP contribution is 2.53. The summed E-state index contributed by atoms with van der Waals surface area (Å²) in [5.74, 6) is -10.1. The number of primary amides is 1. The van der Waals surface area contributed by atoms with Gasteiger partial charge < -0.3 is 31.5 Å². The number of hydrogen-bond donors (Lipinski definition) is 6. The van der Waals surface area contributed by atoms with Gasteiger partial charge in [0, 0.05) is 36.2 Å². The Morgan fingerprint density at radius 3 is 2.42 bits per heavy atom. The van der Waals surface area contributed by atoms with Gasteiger partial charge in [0.15, 0.2) is 17.1 Å². The number of fused-ring (bicyclic) bond motifs is 3. The highest BCUT2D eigenvalue weighted by Gasteiger charge is 2.64. The van der Waals surface area contributed by atoms with Crippen LogP contribution in [0.2, 0.25) is 0 Å². The van der Waals surface area contributed by atoms with Crippen LogP contribution >= 0.6 is 24.8 Å².